The summed E-state index contributed by atoms with van der Waals surface area (Å²) in [7, 11) is 2.08. The van der Waals surface area contributed by atoms with E-state index in [0.717, 1.165) is 18.0 Å². The fourth-order valence-electron chi connectivity index (χ4n) is 3.06. The van der Waals surface area contributed by atoms with Crippen LogP contribution in [-0.2, 0) is 0 Å². The summed E-state index contributed by atoms with van der Waals surface area (Å²) in [6.45, 7) is 4.95. The van der Waals surface area contributed by atoms with Gasteiger partial charge in [-0.2, -0.15) is 0 Å². The van der Waals surface area contributed by atoms with Gasteiger partial charge in [-0.15, -0.1) is 0 Å². The van der Waals surface area contributed by atoms with Crippen molar-refractivity contribution in [1.82, 2.24) is 10.2 Å². The van der Waals surface area contributed by atoms with Crippen molar-refractivity contribution in [3.05, 3.63) is 0 Å². The van der Waals surface area contributed by atoms with Gasteiger partial charge in [0.1, 0.15) is 0 Å². The van der Waals surface area contributed by atoms with Crippen LogP contribution in [0.5, 0.6) is 0 Å². The minimum atomic E-state index is 0.821. The molecule has 1 N–H and O–H groups in total. The van der Waals surface area contributed by atoms with Crippen LogP contribution in [0.15, 0.2) is 0 Å². The van der Waals surface area contributed by atoms with Gasteiger partial charge in [0.25, 0.3) is 0 Å². The fourth-order valence-corrected chi connectivity index (χ4v) is 3.06. The van der Waals surface area contributed by atoms with E-state index in [9.17, 15) is 0 Å². The molecular weight excluding hydrogens is 172 g/mol. The predicted molar refractivity (Wildman–Crippen MR) is 60.5 cm³/mol. The zero-order valence-electron chi connectivity index (χ0n) is 9.63. The lowest BCUT2D eigenvalue weighted by Gasteiger charge is -2.48. The maximum absolute atomic E-state index is 3.34. The van der Waals surface area contributed by atoms with Crippen LogP contribution in [0.4, 0.5) is 0 Å². The van der Waals surface area contributed by atoms with E-state index in [-0.39, 0.29) is 0 Å². The summed E-state index contributed by atoms with van der Waals surface area (Å²) in [6, 6.07) is 1.73. The van der Waals surface area contributed by atoms with Crippen molar-refractivity contribution in [3.63, 3.8) is 0 Å². The number of likely N-dealkylation sites (tertiary alicyclic amines) is 1. The standard InChI is InChI=1S/C12H24N2/c1-10-6-7-12(10)14-8-4-3-5-11(14)9-13-2/h10-13H,3-9H2,1-2H3. The molecule has 3 unspecified atom stereocenters. The second kappa shape index (κ2) is 4.63. The second-order valence-corrected chi connectivity index (χ2v) is 5.07. The van der Waals surface area contributed by atoms with Crippen LogP contribution in [0.1, 0.15) is 39.0 Å². The summed E-state index contributed by atoms with van der Waals surface area (Å²) in [4.78, 5) is 2.79. The lowest BCUT2D eigenvalue weighted by atomic mass is 9.78. The third-order valence-corrected chi connectivity index (χ3v) is 4.11. The molecule has 3 atom stereocenters. The van der Waals surface area contributed by atoms with Crippen LogP contribution in [-0.4, -0.2) is 37.1 Å². The molecule has 2 heteroatoms. The Kier molecular flexibility index (Phi) is 3.45. The molecule has 0 aromatic carbocycles. The van der Waals surface area contributed by atoms with Crippen molar-refractivity contribution in [1.29, 1.82) is 0 Å². The van der Waals surface area contributed by atoms with Gasteiger partial charge < -0.3 is 5.32 Å². The monoisotopic (exact) mass is 196 g/mol. The first-order chi connectivity index (χ1) is 6.83. The Labute approximate surface area is 88.1 Å². The summed E-state index contributed by atoms with van der Waals surface area (Å²) >= 11 is 0. The Balaban J connectivity index is 1.91. The summed E-state index contributed by atoms with van der Waals surface area (Å²) in [6.07, 6.45) is 7.16. The minimum Gasteiger partial charge on any atom is -0.318 e. The molecule has 14 heavy (non-hydrogen) atoms. The van der Waals surface area contributed by atoms with Gasteiger partial charge in [-0.3, -0.25) is 4.90 Å². The number of hydrogen-bond acceptors (Lipinski definition) is 2. The summed E-state index contributed by atoms with van der Waals surface area (Å²) in [5.41, 5.74) is 0. The molecule has 0 bridgehead atoms. The maximum Gasteiger partial charge on any atom is 0.0223 e. The van der Waals surface area contributed by atoms with E-state index >= 15 is 0 Å². The third kappa shape index (κ3) is 1.96. The largest absolute Gasteiger partial charge is 0.318 e. The number of nitrogens with one attached hydrogen (secondary N) is 1. The van der Waals surface area contributed by atoms with Crippen LogP contribution in [0, 0.1) is 5.92 Å². The lowest BCUT2D eigenvalue weighted by molar-refractivity contribution is 0.0150. The van der Waals surface area contributed by atoms with Crippen LogP contribution in [0.3, 0.4) is 0 Å². The molecule has 1 heterocycles. The molecule has 2 fully saturated rings. The molecule has 0 radical (unpaired) electrons. The summed E-state index contributed by atoms with van der Waals surface area (Å²) in [5.74, 6) is 0.951. The SMILES string of the molecule is CNCC1CCCCN1C1CCC1C. The molecule has 0 aromatic rings. The van der Waals surface area contributed by atoms with Crippen molar-refractivity contribution >= 4 is 0 Å². The quantitative estimate of drug-likeness (QED) is 0.741. The van der Waals surface area contributed by atoms with Gasteiger partial charge in [0, 0.05) is 18.6 Å². The number of nitrogens with zero attached hydrogens (tertiary/aromatic N) is 1. The van der Waals surface area contributed by atoms with Crippen molar-refractivity contribution in [2.24, 2.45) is 5.92 Å². The molecule has 82 valence electrons. The van der Waals surface area contributed by atoms with Crippen molar-refractivity contribution in [3.8, 4) is 0 Å². The predicted octanol–water partition coefficient (Wildman–Crippen LogP) is 1.86. The normalized spacial score (nSPS) is 39.4. The number of rotatable bonds is 3. The Morgan fingerprint density at radius 1 is 1.21 bits per heavy atom. The number of likely N-dealkylation sites (N-methyl/N-ethyl adjacent to an activating group) is 1. The molecular formula is C12H24N2. The van der Waals surface area contributed by atoms with E-state index in [0.29, 0.717) is 0 Å². The molecule has 0 spiro atoms. The van der Waals surface area contributed by atoms with Gasteiger partial charge in [0.15, 0.2) is 0 Å². The van der Waals surface area contributed by atoms with Gasteiger partial charge in [-0.05, 0) is 45.2 Å². The van der Waals surface area contributed by atoms with Crippen LogP contribution < -0.4 is 5.32 Å². The van der Waals surface area contributed by atoms with E-state index in [4.69, 9.17) is 0 Å². The van der Waals surface area contributed by atoms with Crippen LogP contribution in [0.25, 0.3) is 0 Å². The van der Waals surface area contributed by atoms with E-state index in [1.807, 2.05) is 0 Å². The van der Waals surface area contributed by atoms with Crippen LogP contribution in [0.2, 0.25) is 0 Å². The minimum absolute atomic E-state index is 0.821. The maximum atomic E-state index is 3.34. The zero-order chi connectivity index (χ0) is 9.97. The van der Waals surface area contributed by atoms with Gasteiger partial charge in [0.05, 0.1) is 0 Å². The average Bonchev–Trinajstić information content (AvgIpc) is 2.19. The highest BCUT2D eigenvalue weighted by Gasteiger charge is 2.36. The Morgan fingerprint density at radius 2 is 2.07 bits per heavy atom. The molecule has 0 aromatic heterocycles. The van der Waals surface area contributed by atoms with Crippen molar-refractivity contribution in [2.75, 3.05) is 20.1 Å². The van der Waals surface area contributed by atoms with E-state index in [1.54, 1.807) is 0 Å². The lowest BCUT2D eigenvalue weighted by Crippen LogP contribution is -2.55. The molecule has 2 aliphatic rings. The average molecular weight is 196 g/mol. The smallest absolute Gasteiger partial charge is 0.0223 e. The fraction of sp³-hybridized carbons (Fsp3) is 1.00. The Hall–Kier alpha value is -0.0800. The van der Waals surface area contributed by atoms with E-state index < -0.39 is 0 Å². The van der Waals surface area contributed by atoms with Gasteiger partial charge in [-0.1, -0.05) is 13.3 Å². The zero-order valence-corrected chi connectivity index (χ0v) is 9.63. The van der Waals surface area contributed by atoms with Crippen LogP contribution >= 0.6 is 0 Å². The summed E-state index contributed by atoms with van der Waals surface area (Å²) < 4.78 is 0. The molecule has 1 saturated carbocycles. The topological polar surface area (TPSA) is 15.3 Å². The highest BCUT2D eigenvalue weighted by molar-refractivity contribution is 4.91. The molecule has 1 aliphatic carbocycles. The van der Waals surface area contributed by atoms with Crippen molar-refractivity contribution < 1.29 is 0 Å². The van der Waals surface area contributed by atoms with E-state index in [2.05, 4.69) is 24.2 Å². The molecule has 1 aliphatic heterocycles. The third-order valence-electron chi connectivity index (χ3n) is 4.11. The number of piperidine rings is 1. The molecule has 2 rings (SSSR count). The molecule has 1 saturated heterocycles. The Morgan fingerprint density at radius 3 is 2.64 bits per heavy atom. The Bertz CT molecular complexity index is 179. The van der Waals surface area contributed by atoms with E-state index in [1.165, 1.54) is 45.2 Å². The summed E-state index contributed by atoms with van der Waals surface area (Å²) in [5, 5.41) is 3.34. The van der Waals surface area contributed by atoms with Gasteiger partial charge >= 0.3 is 0 Å². The number of hydrogen-bond donors (Lipinski definition) is 1. The first-order valence-electron chi connectivity index (χ1n) is 6.23. The van der Waals surface area contributed by atoms with Gasteiger partial charge in [-0.25, -0.2) is 0 Å². The van der Waals surface area contributed by atoms with Gasteiger partial charge in [0.2, 0.25) is 0 Å². The highest BCUT2D eigenvalue weighted by atomic mass is 15.2. The first-order valence-corrected chi connectivity index (χ1v) is 6.23. The van der Waals surface area contributed by atoms with Crippen molar-refractivity contribution in [2.45, 2.75) is 51.1 Å². The molecule has 0 amide bonds. The highest BCUT2D eigenvalue weighted by Crippen LogP contribution is 2.35. The second-order valence-electron chi connectivity index (χ2n) is 5.07. The first kappa shape index (κ1) is 10.4. The molecule has 2 nitrogen and oxygen atoms in total.